The number of ether oxygens (including phenoxy) is 2. The standard InChI is InChI=1S/C20H26O4S2/c1-4-14-11-15(25-12-19(2)7-5-9-23-19)16(21)17(22)18(14)26-13-20(3)8-6-10-24-20/h5-6,9-11,21-22H,4,7-8,12-13H2,1-3H3. The summed E-state index contributed by atoms with van der Waals surface area (Å²) in [5.74, 6) is 1.35. The molecule has 6 heteroatoms. The van der Waals surface area contributed by atoms with E-state index in [0.29, 0.717) is 16.4 Å². The highest BCUT2D eigenvalue weighted by Gasteiger charge is 2.30. The zero-order valence-electron chi connectivity index (χ0n) is 15.4. The lowest BCUT2D eigenvalue weighted by molar-refractivity contribution is 0.0873. The summed E-state index contributed by atoms with van der Waals surface area (Å²) in [4.78, 5) is 1.45. The van der Waals surface area contributed by atoms with Crippen LogP contribution in [0.15, 0.2) is 40.5 Å². The number of phenols is 2. The number of aromatic hydroxyl groups is 2. The fourth-order valence-corrected chi connectivity index (χ4v) is 5.32. The second-order valence-corrected chi connectivity index (χ2v) is 9.28. The molecule has 0 spiro atoms. The Morgan fingerprint density at radius 2 is 1.54 bits per heavy atom. The number of hydrogen-bond acceptors (Lipinski definition) is 6. The Balaban J connectivity index is 1.75. The van der Waals surface area contributed by atoms with Crippen molar-refractivity contribution in [3.63, 3.8) is 0 Å². The maximum atomic E-state index is 10.6. The van der Waals surface area contributed by atoms with Gasteiger partial charge in [0.15, 0.2) is 11.5 Å². The number of benzene rings is 1. The zero-order chi connectivity index (χ0) is 18.8. The Hall–Kier alpha value is -1.40. The van der Waals surface area contributed by atoms with E-state index in [1.807, 2.05) is 18.2 Å². The van der Waals surface area contributed by atoms with Gasteiger partial charge < -0.3 is 19.7 Å². The van der Waals surface area contributed by atoms with E-state index in [2.05, 4.69) is 20.8 Å². The molecule has 1 aromatic carbocycles. The van der Waals surface area contributed by atoms with Crippen molar-refractivity contribution in [1.29, 1.82) is 0 Å². The molecule has 2 aliphatic heterocycles. The van der Waals surface area contributed by atoms with Gasteiger partial charge in [0.05, 0.1) is 22.3 Å². The molecule has 142 valence electrons. The van der Waals surface area contributed by atoms with Crippen LogP contribution in [0.25, 0.3) is 0 Å². The van der Waals surface area contributed by atoms with Crippen LogP contribution in [-0.2, 0) is 15.9 Å². The van der Waals surface area contributed by atoms with Crippen LogP contribution in [0.4, 0.5) is 0 Å². The van der Waals surface area contributed by atoms with Gasteiger partial charge in [0, 0.05) is 24.3 Å². The second kappa shape index (κ2) is 7.69. The first-order chi connectivity index (χ1) is 12.4. The summed E-state index contributed by atoms with van der Waals surface area (Å²) in [5, 5.41) is 21.1. The highest BCUT2D eigenvalue weighted by atomic mass is 32.2. The van der Waals surface area contributed by atoms with Crippen molar-refractivity contribution in [2.24, 2.45) is 0 Å². The molecule has 0 radical (unpaired) electrons. The Kier molecular flexibility index (Phi) is 5.72. The average Bonchev–Trinajstić information content (AvgIpc) is 3.24. The highest BCUT2D eigenvalue weighted by molar-refractivity contribution is 8.00. The quantitative estimate of drug-likeness (QED) is 0.488. The van der Waals surface area contributed by atoms with Gasteiger partial charge in [-0.1, -0.05) is 6.92 Å². The summed E-state index contributed by atoms with van der Waals surface area (Å²) in [5.41, 5.74) is 0.526. The molecule has 2 N–H and O–H groups in total. The second-order valence-electron chi connectivity index (χ2n) is 7.28. The first kappa shape index (κ1) is 19.4. The van der Waals surface area contributed by atoms with Gasteiger partial charge in [0.2, 0.25) is 0 Å². The van der Waals surface area contributed by atoms with Crippen LogP contribution in [0, 0.1) is 0 Å². The summed E-state index contributed by atoms with van der Waals surface area (Å²) in [6.07, 6.45) is 9.99. The third kappa shape index (κ3) is 4.12. The smallest absolute Gasteiger partial charge is 0.172 e. The average molecular weight is 395 g/mol. The minimum absolute atomic E-state index is 0.0259. The number of aryl methyl sites for hydroxylation is 1. The van der Waals surface area contributed by atoms with Crippen molar-refractivity contribution in [3.8, 4) is 11.5 Å². The van der Waals surface area contributed by atoms with Crippen molar-refractivity contribution in [2.45, 2.75) is 61.0 Å². The molecule has 2 heterocycles. The van der Waals surface area contributed by atoms with E-state index in [1.165, 1.54) is 11.8 Å². The van der Waals surface area contributed by atoms with E-state index in [0.717, 1.165) is 29.7 Å². The molecular formula is C20H26O4S2. The van der Waals surface area contributed by atoms with Crippen molar-refractivity contribution < 1.29 is 19.7 Å². The molecule has 0 saturated heterocycles. The van der Waals surface area contributed by atoms with E-state index in [-0.39, 0.29) is 22.7 Å². The molecule has 0 bridgehead atoms. The minimum atomic E-state index is -0.257. The Labute approximate surface area is 163 Å². The molecular weight excluding hydrogens is 368 g/mol. The lowest BCUT2D eigenvalue weighted by atomic mass is 10.1. The van der Waals surface area contributed by atoms with E-state index in [9.17, 15) is 10.2 Å². The molecule has 0 amide bonds. The van der Waals surface area contributed by atoms with Gasteiger partial charge in [-0.2, -0.15) is 0 Å². The van der Waals surface area contributed by atoms with Gasteiger partial charge in [-0.15, -0.1) is 23.5 Å². The number of thioether (sulfide) groups is 2. The van der Waals surface area contributed by atoms with Crippen LogP contribution in [0.5, 0.6) is 11.5 Å². The topological polar surface area (TPSA) is 58.9 Å². The maximum absolute atomic E-state index is 10.6. The van der Waals surface area contributed by atoms with Crippen LogP contribution in [0.1, 0.15) is 39.2 Å². The minimum Gasteiger partial charge on any atom is -0.503 e. The van der Waals surface area contributed by atoms with Gasteiger partial charge in [0.25, 0.3) is 0 Å². The van der Waals surface area contributed by atoms with Crippen molar-refractivity contribution >= 4 is 23.5 Å². The molecule has 3 rings (SSSR count). The van der Waals surface area contributed by atoms with Crippen LogP contribution < -0.4 is 0 Å². The van der Waals surface area contributed by atoms with Gasteiger partial charge in [-0.25, -0.2) is 0 Å². The lowest BCUT2D eigenvalue weighted by Gasteiger charge is -2.25. The predicted molar refractivity (Wildman–Crippen MR) is 107 cm³/mol. The maximum Gasteiger partial charge on any atom is 0.172 e. The molecule has 0 aliphatic carbocycles. The normalized spacial score (nSPS) is 26.9. The van der Waals surface area contributed by atoms with Gasteiger partial charge in [0.1, 0.15) is 11.2 Å². The third-order valence-corrected chi connectivity index (χ3v) is 7.58. The van der Waals surface area contributed by atoms with Crippen molar-refractivity contribution in [2.75, 3.05) is 11.5 Å². The molecule has 2 aliphatic rings. The monoisotopic (exact) mass is 394 g/mol. The first-order valence-corrected chi connectivity index (χ1v) is 10.8. The van der Waals surface area contributed by atoms with Gasteiger partial charge >= 0.3 is 0 Å². The molecule has 2 unspecified atom stereocenters. The summed E-state index contributed by atoms with van der Waals surface area (Å²) >= 11 is 3.06. The fourth-order valence-electron chi connectivity index (χ4n) is 2.96. The van der Waals surface area contributed by atoms with E-state index in [1.54, 1.807) is 24.3 Å². The third-order valence-electron chi connectivity index (χ3n) is 4.70. The Morgan fingerprint density at radius 1 is 0.962 bits per heavy atom. The SMILES string of the molecule is CCc1cc(SCC2(C)CC=CO2)c(O)c(O)c1SCC1(C)CC=CO1. The summed E-state index contributed by atoms with van der Waals surface area (Å²) in [6.45, 7) is 6.17. The lowest BCUT2D eigenvalue weighted by Crippen LogP contribution is -2.26. The molecule has 0 saturated carbocycles. The van der Waals surface area contributed by atoms with Crippen LogP contribution in [0.2, 0.25) is 0 Å². The Bertz CT molecular complexity index is 711. The summed E-state index contributed by atoms with van der Waals surface area (Å²) in [7, 11) is 0. The molecule has 4 nitrogen and oxygen atoms in total. The highest BCUT2D eigenvalue weighted by Crippen LogP contribution is 2.47. The summed E-state index contributed by atoms with van der Waals surface area (Å²) in [6, 6.07) is 1.99. The first-order valence-electron chi connectivity index (χ1n) is 8.85. The summed E-state index contributed by atoms with van der Waals surface area (Å²) < 4.78 is 11.3. The molecule has 0 aromatic heterocycles. The van der Waals surface area contributed by atoms with Crippen molar-refractivity contribution in [3.05, 3.63) is 36.3 Å². The van der Waals surface area contributed by atoms with Crippen LogP contribution in [0.3, 0.4) is 0 Å². The zero-order valence-corrected chi connectivity index (χ0v) is 17.1. The molecule has 1 aromatic rings. The largest absolute Gasteiger partial charge is 0.503 e. The van der Waals surface area contributed by atoms with Gasteiger partial charge in [-0.3, -0.25) is 0 Å². The number of phenolic OH excluding ortho intramolecular Hbond substituents is 2. The number of rotatable bonds is 7. The van der Waals surface area contributed by atoms with Crippen LogP contribution >= 0.6 is 23.5 Å². The van der Waals surface area contributed by atoms with Gasteiger partial charge in [-0.05, 0) is 44.1 Å². The van der Waals surface area contributed by atoms with Crippen molar-refractivity contribution in [1.82, 2.24) is 0 Å². The predicted octanol–water partition coefficient (Wildman–Crippen LogP) is 5.23. The molecule has 26 heavy (non-hydrogen) atoms. The number of hydrogen-bond donors (Lipinski definition) is 2. The Morgan fingerprint density at radius 3 is 2.04 bits per heavy atom. The molecule has 2 atom stereocenters. The fraction of sp³-hybridized carbons (Fsp3) is 0.500. The van der Waals surface area contributed by atoms with E-state index >= 15 is 0 Å². The van der Waals surface area contributed by atoms with E-state index < -0.39 is 0 Å². The van der Waals surface area contributed by atoms with E-state index in [4.69, 9.17) is 9.47 Å². The van der Waals surface area contributed by atoms with Crippen LogP contribution in [-0.4, -0.2) is 32.9 Å². The molecule has 0 fully saturated rings.